The highest BCUT2D eigenvalue weighted by Crippen LogP contribution is 2.18. The molecule has 0 spiro atoms. The van der Waals surface area contributed by atoms with E-state index in [1.54, 1.807) is 0 Å². The molecule has 1 saturated heterocycles. The molecule has 0 radical (unpaired) electrons. The van der Waals surface area contributed by atoms with Gasteiger partial charge in [0.15, 0.2) is 9.84 Å². The zero-order chi connectivity index (χ0) is 14.0. The van der Waals surface area contributed by atoms with Crippen LogP contribution < -0.4 is 5.32 Å². The van der Waals surface area contributed by atoms with E-state index < -0.39 is 21.7 Å². The fourth-order valence-electron chi connectivity index (χ4n) is 1.91. The van der Waals surface area contributed by atoms with Gasteiger partial charge in [0.2, 0.25) is 11.7 Å². The summed E-state index contributed by atoms with van der Waals surface area (Å²) in [6.07, 6.45) is 0.326. The number of carbonyl (C=O) groups is 2. The lowest BCUT2D eigenvalue weighted by Gasteiger charge is -2.07. The van der Waals surface area contributed by atoms with E-state index in [4.69, 9.17) is 9.52 Å². The number of hydrogen-bond donors (Lipinski definition) is 2. The Morgan fingerprint density at radius 1 is 1.42 bits per heavy atom. The first kappa shape index (κ1) is 13.6. The Morgan fingerprint density at radius 3 is 2.68 bits per heavy atom. The van der Waals surface area contributed by atoms with E-state index in [1.165, 1.54) is 12.1 Å². The van der Waals surface area contributed by atoms with Crippen LogP contribution in [0, 0.1) is 5.92 Å². The average molecular weight is 287 g/mol. The summed E-state index contributed by atoms with van der Waals surface area (Å²) in [7, 11) is -3.09. The second-order valence-electron chi connectivity index (χ2n) is 4.39. The maximum absolute atomic E-state index is 11.7. The molecule has 1 amide bonds. The van der Waals surface area contributed by atoms with Gasteiger partial charge in [-0.2, -0.15) is 0 Å². The van der Waals surface area contributed by atoms with Crippen LogP contribution in [-0.4, -0.2) is 36.9 Å². The molecule has 104 valence electrons. The molecule has 0 bridgehead atoms. The van der Waals surface area contributed by atoms with Crippen molar-refractivity contribution in [2.75, 3.05) is 11.5 Å². The molecule has 1 atom stereocenters. The van der Waals surface area contributed by atoms with Crippen molar-refractivity contribution < 1.29 is 27.5 Å². The van der Waals surface area contributed by atoms with Gasteiger partial charge in [0.05, 0.1) is 24.0 Å². The van der Waals surface area contributed by atoms with Crippen molar-refractivity contribution in [1.29, 1.82) is 0 Å². The molecule has 19 heavy (non-hydrogen) atoms. The van der Waals surface area contributed by atoms with Gasteiger partial charge in [0.25, 0.3) is 0 Å². The summed E-state index contributed by atoms with van der Waals surface area (Å²) in [6, 6.07) is 2.75. The smallest absolute Gasteiger partial charge is 0.371 e. The van der Waals surface area contributed by atoms with Crippen LogP contribution in [0.5, 0.6) is 0 Å². The van der Waals surface area contributed by atoms with Gasteiger partial charge in [-0.15, -0.1) is 0 Å². The molecule has 1 aliphatic heterocycles. The molecular weight excluding hydrogens is 274 g/mol. The number of rotatable bonds is 4. The second kappa shape index (κ2) is 5.04. The van der Waals surface area contributed by atoms with Crippen molar-refractivity contribution in [2.24, 2.45) is 5.92 Å². The number of carboxylic acid groups (broad SMARTS) is 1. The summed E-state index contributed by atoms with van der Waals surface area (Å²) >= 11 is 0. The van der Waals surface area contributed by atoms with E-state index in [0.29, 0.717) is 12.2 Å². The summed E-state index contributed by atoms with van der Waals surface area (Å²) in [5, 5.41) is 11.2. The molecule has 7 nitrogen and oxygen atoms in total. The molecule has 1 aromatic rings. The monoisotopic (exact) mass is 287 g/mol. The minimum atomic E-state index is -3.09. The number of aromatic carboxylic acids is 1. The topological polar surface area (TPSA) is 114 Å². The molecule has 1 fully saturated rings. The van der Waals surface area contributed by atoms with Crippen molar-refractivity contribution in [2.45, 2.75) is 13.0 Å². The Morgan fingerprint density at radius 2 is 2.16 bits per heavy atom. The minimum Gasteiger partial charge on any atom is -0.475 e. The average Bonchev–Trinajstić information content (AvgIpc) is 2.92. The number of nitrogens with one attached hydrogen (secondary N) is 1. The first-order valence-electron chi connectivity index (χ1n) is 5.67. The van der Waals surface area contributed by atoms with Gasteiger partial charge in [-0.3, -0.25) is 4.79 Å². The molecule has 1 aromatic heterocycles. The van der Waals surface area contributed by atoms with Crippen LogP contribution >= 0.6 is 0 Å². The SMILES string of the molecule is O=C(O)c1ccc(CNC(=O)C2CCS(=O)(=O)C2)o1. The number of sulfone groups is 1. The Balaban J connectivity index is 1.88. The zero-order valence-corrected chi connectivity index (χ0v) is 10.8. The highest BCUT2D eigenvalue weighted by molar-refractivity contribution is 7.91. The maximum atomic E-state index is 11.7. The van der Waals surface area contributed by atoms with E-state index in [-0.39, 0.29) is 29.7 Å². The molecule has 1 aliphatic rings. The van der Waals surface area contributed by atoms with Crippen LogP contribution in [-0.2, 0) is 21.2 Å². The van der Waals surface area contributed by atoms with Crippen molar-refractivity contribution in [3.63, 3.8) is 0 Å². The largest absolute Gasteiger partial charge is 0.475 e. The summed E-state index contributed by atoms with van der Waals surface area (Å²) in [6.45, 7) is 0.0443. The summed E-state index contributed by atoms with van der Waals surface area (Å²) < 4.78 is 27.4. The van der Waals surface area contributed by atoms with Gasteiger partial charge < -0.3 is 14.8 Å². The molecule has 2 rings (SSSR count). The van der Waals surface area contributed by atoms with E-state index in [9.17, 15) is 18.0 Å². The highest BCUT2D eigenvalue weighted by Gasteiger charge is 2.32. The number of carbonyl (C=O) groups excluding carboxylic acids is 1. The van der Waals surface area contributed by atoms with E-state index in [1.807, 2.05) is 0 Å². The minimum absolute atomic E-state index is 0.0367. The van der Waals surface area contributed by atoms with Gasteiger partial charge in [-0.05, 0) is 18.6 Å². The molecule has 0 aromatic carbocycles. The number of hydrogen-bond acceptors (Lipinski definition) is 5. The summed E-state index contributed by atoms with van der Waals surface area (Å²) in [5.74, 6) is -2.04. The quantitative estimate of drug-likeness (QED) is 0.807. The van der Waals surface area contributed by atoms with E-state index in [2.05, 4.69) is 5.32 Å². The lowest BCUT2D eigenvalue weighted by molar-refractivity contribution is -0.124. The Labute approximate surface area is 109 Å². The predicted molar refractivity (Wildman–Crippen MR) is 64.3 cm³/mol. The molecule has 0 saturated carbocycles. The zero-order valence-electron chi connectivity index (χ0n) is 9.96. The molecular formula is C11H13NO6S. The molecule has 0 aliphatic carbocycles. The Kier molecular flexibility index (Phi) is 3.61. The maximum Gasteiger partial charge on any atom is 0.371 e. The predicted octanol–water partition coefficient (Wildman–Crippen LogP) is 0.0287. The van der Waals surface area contributed by atoms with Crippen LogP contribution in [0.3, 0.4) is 0 Å². The molecule has 2 heterocycles. The van der Waals surface area contributed by atoms with Crippen LogP contribution in [0.25, 0.3) is 0 Å². The van der Waals surface area contributed by atoms with E-state index in [0.717, 1.165) is 0 Å². The van der Waals surface area contributed by atoms with Gasteiger partial charge >= 0.3 is 5.97 Å². The normalized spacial score (nSPS) is 21.2. The lowest BCUT2D eigenvalue weighted by atomic mass is 10.1. The van der Waals surface area contributed by atoms with Crippen LogP contribution in [0.2, 0.25) is 0 Å². The Bertz CT molecular complexity index is 602. The number of amides is 1. The van der Waals surface area contributed by atoms with Crippen LogP contribution in [0.15, 0.2) is 16.5 Å². The van der Waals surface area contributed by atoms with Gasteiger partial charge in [-0.1, -0.05) is 0 Å². The highest BCUT2D eigenvalue weighted by atomic mass is 32.2. The third-order valence-corrected chi connectivity index (χ3v) is 4.68. The van der Waals surface area contributed by atoms with Crippen molar-refractivity contribution >= 4 is 21.7 Å². The van der Waals surface area contributed by atoms with Gasteiger partial charge in [-0.25, -0.2) is 13.2 Å². The standard InChI is InChI=1S/C11H13NO6S/c13-10(7-3-4-19(16,17)6-7)12-5-8-1-2-9(18-8)11(14)15/h1-2,7H,3-6H2,(H,12,13)(H,14,15). The van der Waals surface area contributed by atoms with Crippen molar-refractivity contribution in [3.8, 4) is 0 Å². The van der Waals surface area contributed by atoms with E-state index >= 15 is 0 Å². The van der Waals surface area contributed by atoms with Gasteiger partial charge in [0.1, 0.15) is 5.76 Å². The fourth-order valence-corrected chi connectivity index (χ4v) is 3.65. The summed E-state index contributed by atoms with van der Waals surface area (Å²) in [5.41, 5.74) is 0. The first-order valence-corrected chi connectivity index (χ1v) is 7.50. The third kappa shape index (κ3) is 3.34. The number of furan rings is 1. The molecule has 2 N–H and O–H groups in total. The van der Waals surface area contributed by atoms with Crippen LogP contribution in [0.1, 0.15) is 22.7 Å². The molecule has 8 heteroatoms. The number of carboxylic acids is 1. The lowest BCUT2D eigenvalue weighted by Crippen LogP contribution is -2.30. The third-order valence-electron chi connectivity index (χ3n) is 2.91. The van der Waals surface area contributed by atoms with Crippen molar-refractivity contribution in [3.05, 3.63) is 23.7 Å². The fraction of sp³-hybridized carbons (Fsp3) is 0.455. The molecule has 1 unspecified atom stereocenters. The van der Waals surface area contributed by atoms with Crippen LogP contribution in [0.4, 0.5) is 0 Å². The summed E-state index contributed by atoms with van der Waals surface area (Å²) in [4.78, 5) is 22.3. The Hall–Kier alpha value is -1.83. The second-order valence-corrected chi connectivity index (χ2v) is 6.62. The van der Waals surface area contributed by atoms with Crippen molar-refractivity contribution in [1.82, 2.24) is 5.32 Å². The first-order chi connectivity index (χ1) is 8.87. The van der Waals surface area contributed by atoms with Gasteiger partial charge in [0, 0.05) is 0 Å².